The average molecular weight is 358 g/mol. The van der Waals surface area contributed by atoms with Gasteiger partial charge >= 0.3 is 0 Å². The predicted octanol–water partition coefficient (Wildman–Crippen LogP) is 0.425. The van der Waals surface area contributed by atoms with Crippen LogP contribution in [0.3, 0.4) is 0 Å². The van der Waals surface area contributed by atoms with Crippen LogP contribution in [0.1, 0.15) is 33.6 Å². The van der Waals surface area contributed by atoms with Crippen LogP contribution in [0.5, 0.6) is 0 Å². The zero-order chi connectivity index (χ0) is 18.7. The summed E-state index contributed by atoms with van der Waals surface area (Å²) in [5.74, 6) is -0.0950. The molecule has 2 aliphatic rings. The molecule has 0 bridgehead atoms. The molecule has 26 heavy (non-hydrogen) atoms. The van der Waals surface area contributed by atoms with Crippen molar-refractivity contribution in [3.05, 3.63) is 35.4 Å². The van der Waals surface area contributed by atoms with Crippen molar-refractivity contribution in [3.8, 4) is 0 Å². The van der Waals surface area contributed by atoms with E-state index in [1.807, 2.05) is 9.80 Å². The molecule has 3 amide bonds. The maximum absolute atomic E-state index is 12.9. The van der Waals surface area contributed by atoms with E-state index in [4.69, 9.17) is 0 Å². The van der Waals surface area contributed by atoms with Crippen LogP contribution in [0.2, 0.25) is 0 Å². The minimum Gasteiger partial charge on any atom is -0.345 e. The van der Waals surface area contributed by atoms with Crippen LogP contribution in [-0.4, -0.2) is 85.3 Å². The first kappa shape index (κ1) is 18.4. The molecule has 0 aliphatic carbocycles. The Morgan fingerprint density at radius 1 is 1.19 bits per heavy atom. The summed E-state index contributed by atoms with van der Waals surface area (Å²) in [5.41, 5.74) is 1.02. The van der Waals surface area contributed by atoms with Crippen molar-refractivity contribution in [2.45, 2.75) is 18.9 Å². The van der Waals surface area contributed by atoms with Crippen LogP contribution >= 0.6 is 0 Å². The summed E-state index contributed by atoms with van der Waals surface area (Å²) in [5, 5.41) is 3.08. The van der Waals surface area contributed by atoms with Gasteiger partial charge in [0.15, 0.2) is 0 Å². The van der Waals surface area contributed by atoms with Crippen molar-refractivity contribution in [2.24, 2.45) is 0 Å². The topological polar surface area (TPSA) is 73.0 Å². The Balaban J connectivity index is 1.72. The minimum atomic E-state index is -0.123. The molecule has 1 unspecified atom stereocenters. The van der Waals surface area contributed by atoms with E-state index >= 15 is 0 Å². The standard InChI is InChI=1S/C19H26N4O3/c1-21(2)18(25)14-5-3-6-15(11-14)19(26)22-9-4-7-16(13-22)23-10-8-20-12-17(23)24/h3,5-6,11,16,20H,4,7-10,12-13H2,1-2H3. The highest BCUT2D eigenvalue weighted by Crippen LogP contribution is 2.19. The SMILES string of the molecule is CN(C)C(=O)c1cccc(C(=O)N2CCCC(N3CCNCC3=O)C2)c1. The van der Waals surface area contributed by atoms with E-state index in [0.29, 0.717) is 37.3 Å². The molecule has 2 fully saturated rings. The molecule has 1 atom stereocenters. The van der Waals surface area contributed by atoms with Crippen molar-refractivity contribution in [2.75, 3.05) is 46.8 Å². The fraction of sp³-hybridized carbons (Fsp3) is 0.526. The number of likely N-dealkylation sites (tertiary alicyclic amines) is 1. The number of amides is 3. The summed E-state index contributed by atoms with van der Waals surface area (Å²) >= 11 is 0. The summed E-state index contributed by atoms with van der Waals surface area (Å²) in [6.07, 6.45) is 1.80. The summed E-state index contributed by atoms with van der Waals surface area (Å²) in [4.78, 5) is 42.4. The number of nitrogens with one attached hydrogen (secondary N) is 1. The number of piperazine rings is 1. The maximum atomic E-state index is 12.9. The van der Waals surface area contributed by atoms with Gasteiger partial charge in [-0.05, 0) is 31.0 Å². The fourth-order valence-corrected chi connectivity index (χ4v) is 3.63. The van der Waals surface area contributed by atoms with Crippen LogP contribution in [0, 0.1) is 0 Å². The molecule has 0 spiro atoms. The van der Waals surface area contributed by atoms with Gasteiger partial charge in [-0.25, -0.2) is 0 Å². The summed E-state index contributed by atoms with van der Waals surface area (Å²) in [6.45, 7) is 3.10. The third kappa shape index (κ3) is 3.88. The van der Waals surface area contributed by atoms with Crippen LogP contribution in [0.15, 0.2) is 24.3 Å². The lowest BCUT2D eigenvalue weighted by Crippen LogP contribution is -2.57. The van der Waals surface area contributed by atoms with Gasteiger partial charge < -0.3 is 20.0 Å². The maximum Gasteiger partial charge on any atom is 0.253 e. The number of hydrogen-bond acceptors (Lipinski definition) is 4. The number of piperidine rings is 1. The van der Waals surface area contributed by atoms with Gasteiger partial charge in [0.1, 0.15) is 0 Å². The smallest absolute Gasteiger partial charge is 0.253 e. The molecule has 2 heterocycles. The normalized spacial score (nSPS) is 20.8. The lowest BCUT2D eigenvalue weighted by Gasteiger charge is -2.41. The molecule has 3 rings (SSSR count). The van der Waals surface area contributed by atoms with Crippen molar-refractivity contribution >= 4 is 17.7 Å². The number of nitrogens with zero attached hydrogens (tertiary/aromatic N) is 3. The van der Waals surface area contributed by atoms with E-state index in [2.05, 4.69) is 5.32 Å². The zero-order valence-electron chi connectivity index (χ0n) is 15.4. The second kappa shape index (κ2) is 7.86. The van der Waals surface area contributed by atoms with Crippen LogP contribution in [-0.2, 0) is 4.79 Å². The van der Waals surface area contributed by atoms with Gasteiger partial charge in [-0.2, -0.15) is 0 Å². The van der Waals surface area contributed by atoms with E-state index in [9.17, 15) is 14.4 Å². The molecule has 0 radical (unpaired) electrons. The Labute approximate surface area is 153 Å². The molecule has 7 nitrogen and oxygen atoms in total. The quantitative estimate of drug-likeness (QED) is 0.850. The average Bonchev–Trinajstić information content (AvgIpc) is 2.67. The first-order valence-electron chi connectivity index (χ1n) is 9.08. The molecule has 0 aromatic heterocycles. The molecule has 2 aliphatic heterocycles. The van der Waals surface area contributed by atoms with Gasteiger partial charge in [0.05, 0.1) is 6.54 Å². The van der Waals surface area contributed by atoms with Crippen molar-refractivity contribution in [1.82, 2.24) is 20.0 Å². The summed E-state index contributed by atoms with van der Waals surface area (Å²) in [6, 6.07) is 6.94. The molecule has 1 aromatic rings. The monoisotopic (exact) mass is 358 g/mol. The largest absolute Gasteiger partial charge is 0.345 e. The van der Waals surface area contributed by atoms with Gasteiger partial charge in [0.2, 0.25) is 5.91 Å². The zero-order valence-corrected chi connectivity index (χ0v) is 15.4. The highest BCUT2D eigenvalue weighted by atomic mass is 16.2. The first-order chi connectivity index (χ1) is 12.5. The van der Waals surface area contributed by atoms with Gasteiger partial charge in [-0.3, -0.25) is 14.4 Å². The molecule has 2 saturated heterocycles. The molecular weight excluding hydrogens is 332 g/mol. The Bertz CT molecular complexity index is 704. The van der Waals surface area contributed by atoms with E-state index in [1.165, 1.54) is 4.90 Å². The third-order valence-electron chi connectivity index (χ3n) is 5.01. The third-order valence-corrected chi connectivity index (χ3v) is 5.01. The number of carbonyl (C=O) groups excluding carboxylic acids is 3. The van der Waals surface area contributed by atoms with E-state index < -0.39 is 0 Å². The van der Waals surface area contributed by atoms with Crippen LogP contribution in [0.25, 0.3) is 0 Å². The summed E-state index contributed by atoms with van der Waals surface area (Å²) < 4.78 is 0. The van der Waals surface area contributed by atoms with Crippen molar-refractivity contribution < 1.29 is 14.4 Å². The Hall–Kier alpha value is -2.41. The van der Waals surface area contributed by atoms with E-state index in [1.54, 1.807) is 38.4 Å². The Morgan fingerprint density at radius 3 is 2.69 bits per heavy atom. The minimum absolute atomic E-state index is 0.0777. The lowest BCUT2D eigenvalue weighted by molar-refractivity contribution is -0.135. The molecule has 140 valence electrons. The molecule has 7 heteroatoms. The van der Waals surface area contributed by atoms with Gasteiger partial charge in [-0.1, -0.05) is 6.07 Å². The fourth-order valence-electron chi connectivity index (χ4n) is 3.63. The number of hydrogen-bond donors (Lipinski definition) is 1. The van der Waals surface area contributed by atoms with Crippen molar-refractivity contribution in [1.29, 1.82) is 0 Å². The highest BCUT2D eigenvalue weighted by molar-refractivity contribution is 5.99. The lowest BCUT2D eigenvalue weighted by atomic mass is 10.0. The number of carbonyl (C=O) groups is 3. The van der Waals surface area contributed by atoms with Gasteiger partial charge in [-0.15, -0.1) is 0 Å². The number of benzene rings is 1. The molecule has 1 aromatic carbocycles. The second-order valence-corrected chi connectivity index (χ2v) is 7.09. The van der Waals surface area contributed by atoms with Crippen LogP contribution in [0.4, 0.5) is 0 Å². The van der Waals surface area contributed by atoms with E-state index in [-0.39, 0.29) is 23.8 Å². The molecular formula is C19H26N4O3. The molecule has 0 saturated carbocycles. The number of rotatable bonds is 3. The van der Waals surface area contributed by atoms with Gasteiger partial charge in [0, 0.05) is 57.4 Å². The Morgan fingerprint density at radius 2 is 1.96 bits per heavy atom. The predicted molar refractivity (Wildman–Crippen MR) is 98.0 cm³/mol. The first-order valence-corrected chi connectivity index (χ1v) is 9.08. The second-order valence-electron chi connectivity index (χ2n) is 7.09. The molecule has 1 N–H and O–H groups in total. The van der Waals surface area contributed by atoms with Crippen LogP contribution < -0.4 is 5.32 Å². The summed E-state index contributed by atoms with van der Waals surface area (Å²) in [7, 11) is 3.38. The Kier molecular flexibility index (Phi) is 5.56. The van der Waals surface area contributed by atoms with E-state index in [0.717, 1.165) is 19.4 Å². The highest BCUT2D eigenvalue weighted by Gasteiger charge is 2.32. The van der Waals surface area contributed by atoms with Gasteiger partial charge in [0.25, 0.3) is 11.8 Å². The van der Waals surface area contributed by atoms with Crippen molar-refractivity contribution in [3.63, 3.8) is 0 Å².